The summed E-state index contributed by atoms with van der Waals surface area (Å²) in [5, 5.41) is 7.91. The maximum atomic E-state index is 9.90. The minimum atomic E-state index is -0.231. The lowest BCUT2D eigenvalue weighted by molar-refractivity contribution is -0.110. The van der Waals surface area contributed by atoms with E-state index in [4.69, 9.17) is 5.26 Å². The molecule has 1 aliphatic carbocycles. The van der Waals surface area contributed by atoms with E-state index in [9.17, 15) is 4.79 Å². The van der Waals surface area contributed by atoms with E-state index in [1.54, 1.807) is 0 Å². The molecule has 1 aliphatic rings. The van der Waals surface area contributed by atoms with Crippen molar-refractivity contribution in [3.63, 3.8) is 0 Å². The second-order valence-electron chi connectivity index (χ2n) is 1.35. The van der Waals surface area contributed by atoms with Crippen molar-refractivity contribution in [2.75, 3.05) is 0 Å². The monoisotopic (exact) mass is 81.0 g/mol. The van der Waals surface area contributed by atoms with Gasteiger partial charge in [-0.25, -0.2) is 0 Å². The van der Waals surface area contributed by atoms with Crippen LogP contribution in [0.1, 0.15) is 6.42 Å². The molecule has 2 heteroatoms. The smallest absolute Gasteiger partial charge is 0.152 e. The van der Waals surface area contributed by atoms with E-state index in [0.29, 0.717) is 6.42 Å². The van der Waals surface area contributed by atoms with E-state index in [-0.39, 0.29) is 11.7 Å². The fourth-order valence-corrected chi connectivity index (χ4v) is 0.260. The standard InChI is InChI=1S/C4H3NO/c5-2-3-1-4(3)6/h3H,1H2. The van der Waals surface area contributed by atoms with Gasteiger partial charge in [0.2, 0.25) is 0 Å². The first-order chi connectivity index (χ1) is 2.84. The van der Waals surface area contributed by atoms with Crippen LogP contribution in [0, 0.1) is 17.2 Å². The Morgan fingerprint density at radius 1 is 2.00 bits per heavy atom. The van der Waals surface area contributed by atoms with Gasteiger partial charge >= 0.3 is 0 Å². The Morgan fingerprint density at radius 3 is 2.50 bits per heavy atom. The molecule has 6 heavy (non-hydrogen) atoms. The number of rotatable bonds is 0. The molecule has 30 valence electrons. The van der Waals surface area contributed by atoms with Gasteiger partial charge in [0, 0.05) is 6.42 Å². The van der Waals surface area contributed by atoms with Crippen molar-refractivity contribution in [3.8, 4) is 6.07 Å². The molecule has 1 atom stereocenters. The largest absolute Gasteiger partial charge is 0.298 e. The lowest BCUT2D eigenvalue weighted by Crippen LogP contribution is -1.65. The highest BCUT2D eigenvalue weighted by Crippen LogP contribution is 2.21. The van der Waals surface area contributed by atoms with Crippen molar-refractivity contribution in [3.05, 3.63) is 0 Å². The number of carbonyl (C=O) groups excluding carboxylic acids is 1. The van der Waals surface area contributed by atoms with Gasteiger partial charge in [0.05, 0.1) is 6.07 Å². The lowest BCUT2D eigenvalue weighted by atomic mass is 10.5. The quantitative estimate of drug-likeness (QED) is 0.415. The first-order valence-corrected chi connectivity index (χ1v) is 1.77. The van der Waals surface area contributed by atoms with Gasteiger partial charge in [0.1, 0.15) is 5.92 Å². The van der Waals surface area contributed by atoms with Crippen LogP contribution in [0.2, 0.25) is 0 Å². The zero-order chi connectivity index (χ0) is 4.57. The van der Waals surface area contributed by atoms with Crippen LogP contribution in [0.3, 0.4) is 0 Å². The molecule has 0 aromatic heterocycles. The summed E-state index contributed by atoms with van der Waals surface area (Å²) >= 11 is 0. The van der Waals surface area contributed by atoms with Crippen LogP contribution >= 0.6 is 0 Å². The van der Waals surface area contributed by atoms with Gasteiger partial charge < -0.3 is 0 Å². The topological polar surface area (TPSA) is 40.9 Å². The Balaban J connectivity index is 2.51. The Morgan fingerprint density at radius 2 is 2.50 bits per heavy atom. The van der Waals surface area contributed by atoms with Gasteiger partial charge in [-0.3, -0.25) is 4.79 Å². The maximum absolute atomic E-state index is 9.90. The molecule has 0 bridgehead atoms. The number of ketones is 1. The minimum absolute atomic E-state index is 0.0949. The third kappa shape index (κ3) is 0.288. The molecule has 1 rings (SSSR count). The average Bonchev–Trinajstić information content (AvgIpc) is 2.19. The fourth-order valence-electron chi connectivity index (χ4n) is 0.260. The number of Topliss-reactive ketones (excluding diaryl/α,β-unsaturated/α-hetero) is 1. The van der Waals surface area contributed by atoms with Crippen molar-refractivity contribution in [2.45, 2.75) is 6.42 Å². The average molecular weight is 81.1 g/mol. The summed E-state index contributed by atoms with van der Waals surface area (Å²) in [5.41, 5.74) is 0. The molecule has 0 heterocycles. The summed E-state index contributed by atoms with van der Waals surface area (Å²) in [6.07, 6.45) is 0.497. The molecule has 0 aromatic rings. The summed E-state index contributed by atoms with van der Waals surface area (Å²) < 4.78 is 0. The molecule has 0 aliphatic heterocycles. The van der Waals surface area contributed by atoms with Crippen LogP contribution in [-0.4, -0.2) is 5.78 Å². The SMILES string of the molecule is N#CC1CC1=O. The molecule has 1 unspecified atom stereocenters. The van der Waals surface area contributed by atoms with Gasteiger partial charge in [-0.1, -0.05) is 0 Å². The molecule has 0 N–H and O–H groups in total. The van der Waals surface area contributed by atoms with Gasteiger partial charge in [0.25, 0.3) is 0 Å². The van der Waals surface area contributed by atoms with E-state index in [2.05, 4.69) is 0 Å². The van der Waals surface area contributed by atoms with Crippen LogP contribution in [0.5, 0.6) is 0 Å². The van der Waals surface area contributed by atoms with E-state index in [0.717, 1.165) is 0 Å². The molecular formula is C4H3NO. The predicted octanol–water partition coefficient (Wildman–Crippen LogP) is 0.0990. The van der Waals surface area contributed by atoms with E-state index in [1.807, 2.05) is 6.07 Å². The van der Waals surface area contributed by atoms with Crippen molar-refractivity contribution >= 4 is 5.78 Å². The van der Waals surface area contributed by atoms with Crippen molar-refractivity contribution in [1.82, 2.24) is 0 Å². The Labute approximate surface area is 35.4 Å². The Bertz CT molecular complexity index is 122. The number of nitriles is 1. The lowest BCUT2D eigenvalue weighted by Gasteiger charge is -1.50. The maximum Gasteiger partial charge on any atom is 0.152 e. The fraction of sp³-hybridized carbons (Fsp3) is 0.500. The zero-order valence-corrected chi connectivity index (χ0v) is 3.14. The Kier molecular flexibility index (Phi) is 0.453. The van der Waals surface area contributed by atoms with Crippen LogP contribution < -0.4 is 0 Å². The summed E-state index contributed by atoms with van der Waals surface area (Å²) in [5.74, 6) is -0.137. The van der Waals surface area contributed by atoms with E-state index < -0.39 is 0 Å². The number of carbonyl (C=O) groups is 1. The highest BCUT2D eigenvalue weighted by molar-refractivity contribution is 5.98. The highest BCUT2D eigenvalue weighted by atomic mass is 16.1. The van der Waals surface area contributed by atoms with Gasteiger partial charge in [-0.15, -0.1) is 0 Å². The summed E-state index contributed by atoms with van der Waals surface area (Å²) in [4.78, 5) is 9.90. The van der Waals surface area contributed by atoms with E-state index >= 15 is 0 Å². The summed E-state index contributed by atoms with van der Waals surface area (Å²) in [6, 6.07) is 1.84. The molecule has 0 spiro atoms. The molecule has 0 saturated heterocycles. The van der Waals surface area contributed by atoms with Crippen molar-refractivity contribution < 1.29 is 4.79 Å². The summed E-state index contributed by atoms with van der Waals surface area (Å²) in [7, 11) is 0. The van der Waals surface area contributed by atoms with Gasteiger partial charge in [-0.2, -0.15) is 5.26 Å². The molecular weight excluding hydrogens is 78.0 g/mol. The second kappa shape index (κ2) is 0.810. The highest BCUT2D eigenvalue weighted by Gasteiger charge is 2.34. The minimum Gasteiger partial charge on any atom is -0.298 e. The first-order valence-electron chi connectivity index (χ1n) is 1.77. The summed E-state index contributed by atoms with van der Waals surface area (Å²) in [6.45, 7) is 0. The second-order valence-corrected chi connectivity index (χ2v) is 1.35. The van der Waals surface area contributed by atoms with E-state index in [1.165, 1.54) is 0 Å². The van der Waals surface area contributed by atoms with Gasteiger partial charge in [0.15, 0.2) is 5.78 Å². The van der Waals surface area contributed by atoms with Crippen molar-refractivity contribution in [1.29, 1.82) is 5.26 Å². The molecule has 0 aromatic carbocycles. The third-order valence-electron chi connectivity index (χ3n) is 0.790. The Hall–Kier alpha value is -0.840. The number of hydrogen-bond acceptors (Lipinski definition) is 2. The normalized spacial score (nSPS) is 29.2. The third-order valence-corrected chi connectivity index (χ3v) is 0.790. The first kappa shape index (κ1) is 3.35. The molecule has 0 radical (unpaired) electrons. The van der Waals surface area contributed by atoms with Crippen LogP contribution in [0.25, 0.3) is 0 Å². The number of hydrogen-bond donors (Lipinski definition) is 0. The molecule has 1 fully saturated rings. The number of nitrogens with zero attached hydrogens (tertiary/aromatic N) is 1. The molecule has 2 nitrogen and oxygen atoms in total. The zero-order valence-electron chi connectivity index (χ0n) is 3.14. The van der Waals surface area contributed by atoms with Crippen LogP contribution in [0.4, 0.5) is 0 Å². The molecule has 0 amide bonds. The van der Waals surface area contributed by atoms with Crippen molar-refractivity contribution in [2.24, 2.45) is 5.92 Å². The van der Waals surface area contributed by atoms with Gasteiger partial charge in [-0.05, 0) is 0 Å². The van der Waals surface area contributed by atoms with Crippen LogP contribution in [-0.2, 0) is 4.79 Å². The predicted molar refractivity (Wildman–Crippen MR) is 18.7 cm³/mol. The van der Waals surface area contributed by atoms with Crippen LogP contribution in [0.15, 0.2) is 0 Å². The molecule has 1 saturated carbocycles.